The molecule has 30 heavy (non-hydrogen) atoms. The van der Waals surface area contributed by atoms with Gasteiger partial charge in [0.05, 0.1) is 24.2 Å². The van der Waals surface area contributed by atoms with Gasteiger partial charge in [-0.2, -0.15) is 0 Å². The van der Waals surface area contributed by atoms with E-state index >= 15 is 0 Å². The number of carbonyl (C=O) groups excluding carboxylic acids is 1. The molecule has 0 unspecified atom stereocenters. The Morgan fingerprint density at radius 1 is 1.10 bits per heavy atom. The summed E-state index contributed by atoms with van der Waals surface area (Å²) in [5.41, 5.74) is 1.93. The highest BCUT2D eigenvalue weighted by molar-refractivity contribution is 7.90. The first-order valence-electron chi connectivity index (χ1n) is 9.72. The number of benzene rings is 2. The van der Waals surface area contributed by atoms with Crippen molar-refractivity contribution in [2.75, 3.05) is 6.54 Å². The molecule has 1 amide bonds. The number of carbonyl (C=O) groups is 1. The van der Waals surface area contributed by atoms with Gasteiger partial charge >= 0.3 is 0 Å². The summed E-state index contributed by atoms with van der Waals surface area (Å²) in [6.45, 7) is 6.66. The van der Waals surface area contributed by atoms with E-state index in [2.05, 4.69) is 11.6 Å². The minimum absolute atomic E-state index is 0.00975. The first kappa shape index (κ1) is 21.5. The van der Waals surface area contributed by atoms with Gasteiger partial charge in [0.15, 0.2) is 0 Å². The molecule has 3 aromatic rings. The zero-order chi connectivity index (χ0) is 21.6. The number of imidazole rings is 1. The van der Waals surface area contributed by atoms with Gasteiger partial charge in [0.25, 0.3) is 5.91 Å². The fourth-order valence-corrected chi connectivity index (χ4v) is 4.74. The Kier molecular flexibility index (Phi) is 6.84. The van der Waals surface area contributed by atoms with Crippen molar-refractivity contribution >= 4 is 15.7 Å². The largest absolute Gasteiger partial charge is 0.333 e. The average Bonchev–Trinajstić information content (AvgIpc) is 3.16. The van der Waals surface area contributed by atoms with Crippen LogP contribution >= 0.6 is 0 Å². The highest BCUT2D eigenvalue weighted by Gasteiger charge is 2.25. The van der Waals surface area contributed by atoms with Gasteiger partial charge in [-0.1, -0.05) is 54.6 Å². The maximum atomic E-state index is 13.0. The Bertz CT molecular complexity index is 1110. The maximum absolute atomic E-state index is 13.0. The number of nitrogens with zero attached hydrogens (tertiary/aromatic N) is 3. The number of amides is 1. The van der Waals surface area contributed by atoms with Crippen LogP contribution in [-0.4, -0.2) is 35.3 Å². The predicted molar refractivity (Wildman–Crippen MR) is 117 cm³/mol. The molecular weight excluding hydrogens is 398 g/mol. The molecule has 0 fully saturated rings. The second-order valence-corrected chi connectivity index (χ2v) is 8.74. The van der Waals surface area contributed by atoms with Gasteiger partial charge in [-0.15, -0.1) is 6.58 Å². The molecule has 2 aromatic carbocycles. The lowest BCUT2D eigenvalue weighted by atomic mass is 10.2. The molecule has 0 aliphatic rings. The first-order valence-corrected chi connectivity index (χ1v) is 11.4. The topological polar surface area (TPSA) is 72.3 Å². The van der Waals surface area contributed by atoms with E-state index in [9.17, 15) is 13.2 Å². The van der Waals surface area contributed by atoms with E-state index in [1.165, 1.54) is 6.20 Å². The quantitative estimate of drug-likeness (QED) is 0.492. The van der Waals surface area contributed by atoms with Crippen molar-refractivity contribution < 1.29 is 13.2 Å². The highest BCUT2D eigenvalue weighted by Crippen LogP contribution is 2.19. The highest BCUT2D eigenvalue weighted by atomic mass is 32.2. The number of rotatable bonds is 9. The molecule has 0 atom stereocenters. The van der Waals surface area contributed by atoms with Crippen LogP contribution in [0.25, 0.3) is 0 Å². The van der Waals surface area contributed by atoms with Crippen LogP contribution in [0.3, 0.4) is 0 Å². The van der Waals surface area contributed by atoms with Gasteiger partial charge in [0.2, 0.25) is 15.0 Å². The lowest BCUT2D eigenvalue weighted by molar-refractivity contribution is 0.0749. The Morgan fingerprint density at radius 2 is 1.73 bits per heavy atom. The van der Waals surface area contributed by atoms with Gasteiger partial charge in [0, 0.05) is 18.7 Å². The van der Waals surface area contributed by atoms with Gasteiger partial charge in [-0.3, -0.25) is 4.79 Å². The minimum atomic E-state index is -3.66. The smallest absolute Gasteiger partial charge is 0.254 e. The Morgan fingerprint density at radius 3 is 2.33 bits per heavy atom. The molecule has 0 radical (unpaired) electrons. The van der Waals surface area contributed by atoms with E-state index in [1.807, 2.05) is 31.2 Å². The van der Waals surface area contributed by atoms with E-state index in [0.29, 0.717) is 23.4 Å². The third-order valence-corrected chi connectivity index (χ3v) is 6.33. The fraction of sp³-hybridized carbons (Fsp3) is 0.217. The standard InChI is InChI=1S/C23H25N3O3S/c1-3-15-26-21(17-25(4-2)22(27)20-13-9-6-10-14-20)16-24-23(26)30(28,29)18-19-11-7-5-8-12-19/h3,5-14,16H,1,4,15,17-18H2,2H3. The van der Waals surface area contributed by atoms with Crippen molar-refractivity contribution in [3.05, 3.63) is 96.3 Å². The molecule has 0 spiro atoms. The van der Waals surface area contributed by atoms with Crippen LogP contribution in [0.5, 0.6) is 0 Å². The summed E-state index contributed by atoms with van der Waals surface area (Å²) in [5, 5.41) is -0.00975. The van der Waals surface area contributed by atoms with Crippen molar-refractivity contribution in [3.63, 3.8) is 0 Å². The minimum Gasteiger partial charge on any atom is -0.333 e. The Balaban J connectivity index is 1.90. The van der Waals surface area contributed by atoms with E-state index in [0.717, 1.165) is 0 Å². The molecule has 7 heteroatoms. The molecule has 156 valence electrons. The van der Waals surface area contributed by atoms with Crippen LogP contribution in [0.1, 0.15) is 28.5 Å². The number of sulfone groups is 1. The summed E-state index contributed by atoms with van der Waals surface area (Å²) in [7, 11) is -3.66. The Labute approximate surface area is 177 Å². The van der Waals surface area contributed by atoms with Crippen molar-refractivity contribution in [1.82, 2.24) is 14.5 Å². The molecule has 1 aromatic heterocycles. The van der Waals surface area contributed by atoms with E-state index < -0.39 is 9.84 Å². The van der Waals surface area contributed by atoms with E-state index in [-0.39, 0.29) is 29.9 Å². The summed E-state index contributed by atoms with van der Waals surface area (Å²) in [6, 6.07) is 18.0. The number of allylic oxidation sites excluding steroid dienone is 1. The van der Waals surface area contributed by atoms with Crippen molar-refractivity contribution in [3.8, 4) is 0 Å². The Hall–Kier alpha value is -3.19. The van der Waals surface area contributed by atoms with Gasteiger partial charge in [-0.25, -0.2) is 13.4 Å². The second kappa shape index (κ2) is 9.54. The van der Waals surface area contributed by atoms with Gasteiger partial charge in [0.1, 0.15) is 0 Å². The summed E-state index contributed by atoms with van der Waals surface area (Å²) in [4.78, 5) is 18.7. The van der Waals surface area contributed by atoms with Crippen LogP contribution < -0.4 is 0 Å². The van der Waals surface area contributed by atoms with Crippen LogP contribution in [-0.2, 0) is 28.7 Å². The van der Waals surface area contributed by atoms with E-state index in [4.69, 9.17) is 0 Å². The normalized spacial score (nSPS) is 11.2. The van der Waals surface area contributed by atoms with Crippen molar-refractivity contribution in [1.29, 1.82) is 0 Å². The molecule has 0 aliphatic carbocycles. The molecule has 1 heterocycles. The van der Waals surface area contributed by atoms with Crippen LogP contribution in [0.15, 0.2) is 84.7 Å². The predicted octanol–water partition coefficient (Wildman–Crippen LogP) is 3.71. The fourth-order valence-electron chi connectivity index (χ4n) is 3.24. The number of aromatic nitrogens is 2. The summed E-state index contributed by atoms with van der Waals surface area (Å²) in [6.07, 6.45) is 3.16. The lowest BCUT2D eigenvalue weighted by Crippen LogP contribution is -2.31. The molecule has 0 aliphatic heterocycles. The van der Waals surface area contributed by atoms with Gasteiger partial charge in [-0.05, 0) is 24.6 Å². The number of hydrogen-bond acceptors (Lipinski definition) is 4. The maximum Gasteiger partial charge on any atom is 0.254 e. The molecule has 0 N–H and O–H groups in total. The summed E-state index contributed by atoms with van der Waals surface area (Å²) >= 11 is 0. The lowest BCUT2D eigenvalue weighted by Gasteiger charge is -2.22. The van der Waals surface area contributed by atoms with E-state index in [1.54, 1.807) is 51.9 Å². The second-order valence-electron chi connectivity index (χ2n) is 6.86. The molecule has 0 saturated heterocycles. The molecule has 0 saturated carbocycles. The average molecular weight is 424 g/mol. The summed E-state index contributed by atoms with van der Waals surface area (Å²) in [5.74, 6) is -0.250. The molecule has 6 nitrogen and oxygen atoms in total. The molecular formula is C23H25N3O3S. The zero-order valence-corrected chi connectivity index (χ0v) is 17.8. The SMILES string of the molecule is C=CCn1c(CN(CC)C(=O)c2ccccc2)cnc1S(=O)(=O)Cc1ccccc1. The zero-order valence-electron chi connectivity index (χ0n) is 16.9. The third kappa shape index (κ3) is 4.86. The number of hydrogen-bond donors (Lipinski definition) is 0. The molecule has 0 bridgehead atoms. The summed E-state index contributed by atoms with van der Waals surface area (Å²) < 4.78 is 27.7. The van der Waals surface area contributed by atoms with Crippen LogP contribution in [0.4, 0.5) is 0 Å². The monoisotopic (exact) mass is 423 g/mol. The van der Waals surface area contributed by atoms with Crippen molar-refractivity contribution in [2.24, 2.45) is 0 Å². The first-order chi connectivity index (χ1) is 14.5. The third-order valence-electron chi connectivity index (χ3n) is 4.73. The van der Waals surface area contributed by atoms with Crippen LogP contribution in [0.2, 0.25) is 0 Å². The van der Waals surface area contributed by atoms with Crippen molar-refractivity contribution in [2.45, 2.75) is 30.9 Å². The van der Waals surface area contributed by atoms with Crippen LogP contribution in [0, 0.1) is 0 Å². The van der Waals surface area contributed by atoms with Gasteiger partial charge < -0.3 is 9.47 Å². The molecule has 3 rings (SSSR count).